The fourth-order valence-corrected chi connectivity index (χ4v) is 1.09. The van der Waals surface area contributed by atoms with Crippen molar-refractivity contribution in [3.63, 3.8) is 0 Å². The molecule has 1 aromatic carbocycles. The van der Waals surface area contributed by atoms with Crippen LogP contribution in [0.4, 0.5) is 4.79 Å². The molecule has 0 unspecified atom stereocenters. The Morgan fingerprint density at radius 1 is 1.21 bits per heavy atom. The van der Waals surface area contributed by atoms with E-state index in [1.807, 2.05) is 24.3 Å². The summed E-state index contributed by atoms with van der Waals surface area (Å²) in [5.41, 5.74) is 1.19. The summed E-state index contributed by atoms with van der Waals surface area (Å²) in [5, 5.41) is 0. The van der Waals surface area contributed by atoms with Gasteiger partial charge in [-0.1, -0.05) is 24.3 Å². The second kappa shape index (κ2) is 5.62. The van der Waals surface area contributed by atoms with Crippen LogP contribution in [0.25, 0.3) is 0 Å². The minimum absolute atomic E-state index is 0.204. The number of methoxy groups -OCH3 is 1. The molecule has 0 heterocycles. The zero-order valence-corrected chi connectivity index (χ0v) is 8.58. The largest absolute Gasteiger partial charge is 0.449 e. The first-order valence-electron chi connectivity index (χ1n) is 4.11. The molecule has 0 aliphatic rings. The highest BCUT2D eigenvalue weighted by molar-refractivity contribution is 6.61. The molecule has 76 valence electrons. The number of carbonyl (C=O) groups is 1. The van der Waals surface area contributed by atoms with Gasteiger partial charge in [-0.2, -0.15) is 0 Å². The standard InChI is InChI=1S/C10H11ClO3/c1-13-6-8-2-4-9(5-3-8)7-14-10(11)12/h2-5H,6-7H2,1H3. The highest BCUT2D eigenvalue weighted by atomic mass is 35.5. The Balaban J connectivity index is 2.50. The molecule has 14 heavy (non-hydrogen) atoms. The number of benzene rings is 1. The lowest BCUT2D eigenvalue weighted by atomic mass is 10.1. The van der Waals surface area contributed by atoms with E-state index in [0.717, 1.165) is 11.1 Å². The maximum Gasteiger partial charge on any atom is 0.404 e. The lowest BCUT2D eigenvalue weighted by Crippen LogP contribution is -1.95. The molecule has 0 saturated carbocycles. The second-order valence-electron chi connectivity index (χ2n) is 2.78. The highest BCUT2D eigenvalue weighted by Gasteiger charge is 1.98. The molecule has 3 nitrogen and oxygen atoms in total. The van der Waals surface area contributed by atoms with Crippen molar-refractivity contribution in [2.24, 2.45) is 0 Å². The van der Waals surface area contributed by atoms with Crippen molar-refractivity contribution in [2.75, 3.05) is 7.11 Å². The minimum Gasteiger partial charge on any atom is -0.449 e. The topological polar surface area (TPSA) is 35.5 Å². The molecule has 1 aromatic rings. The van der Waals surface area contributed by atoms with Crippen LogP contribution in [0.5, 0.6) is 0 Å². The molecular weight excluding hydrogens is 204 g/mol. The van der Waals surface area contributed by atoms with E-state index < -0.39 is 5.43 Å². The summed E-state index contributed by atoms with van der Waals surface area (Å²) in [6.45, 7) is 0.783. The van der Waals surface area contributed by atoms with Crippen LogP contribution in [-0.2, 0) is 22.7 Å². The summed E-state index contributed by atoms with van der Waals surface area (Å²) < 4.78 is 9.58. The minimum atomic E-state index is -0.786. The lowest BCUT2D eigenvalue weighted by molar-refractivity contribution is 0.167. The number of rotatable bonds is 4. The smallest absolute Gasteiger partial charge is 0.404 e. The van der Waals surface area contributed by atoms with Crippen molar-refractivity contribution in [3.05, 3.63) is 35.4 Å². The van der Waals surface area contributed by atoms with Crippen LogP contribution in [0.1, 0.15) is 11.1 Å². The van der Waals surface area contributed by atoms with Crippen molar-refractivity contribution in [2.45, 2.75) is 13.2 Å². The van der Waals surface area contributed by atoms with Gasteiger partial charge in [-0.05, 0) is 11.1 Å². The molecule has 0 spiro atoms. The SMILES string of the molecule is COCc1ccc(COC(=O)Cl)cc1. The van der Waals surface area contributed by atoms with E-state index >= 15 is 0 Å². The van der Waals surface area contributed by atoms with Crippen molar-refractivity contribution < 1.29 is 14.3 Å². The summed E-state index contributed by atoms with van der Waals surface area (Å²) in [5.74, 6) is 0. The van der Waals surface area contributed by atoms with Crippen molar-refractivity contribution in [1.82, 2.24) is 0 Å². The van der Waals surface area contributed by atoms with E-state index in [2.05, 4.69) is 4.74 Å². The average molecular weight is 215 g/mol. The predicted molar refractivity (Wildman–Crippen MR) is 53.2 cm³/mol. The van der Waals surface area contributed by atoms with Gasteiger partial charge < -0.3 is 9.47 Å². The fourth-order valence-electron chi connectivity index (χ4n) is 1.04. The molecule has 4 heteroatoms. The zero-order valence-electron chi connectivity index (χ0n) is 7.83. The van der Waals surface area contributed by atoms with Gasteiger partial charge in [-0.15, -0.1) is 0 Å². The van der Waals surface area contributed by atoms with Crippen LogP contribution in [0.15, 0.2) is 24.3 Å². The summed E-state index contributed by atoms with van der Waals surface area (Å²) in [4.78, 5) is 10.3. The monoisotopic (exact) mass is 214 g/mol. The predicted octanol–water partition coefficient (Wildman–Crippen LogP) is 2.71. The van der Waals surface area contributed by atoms with Crippen molar-refractivity contribution in [1.29, 1.82) is 0 Å². The van der Waals surface area contributed by atoms with E-state index in [1.165, 1.54) is 0 Å². The Morgan fingerprint density at radius 3 is 2.14 bits per heavy atom. The number of carbonyl (C=O) groups excluding carboxylic acids is 1. The molecule has 0 saturated heterocycles. The number of hydrogen-bond acceptors (Lipinski definition) is 3. The first kappa shape index (κ1) is 11.0. The molecule has 0 radical (unpaired) electrons. The second-order valence-corrected chi connectivity index (χ2v) is 3.08. The van der Waals surface area contributed by atoms with Gasteiger partial charge in [0.1, 0.15) is 6.61 Å². The van der Waals surface area contributed by atoms with Gasteiger partial charge in [0.15, 0.2) is 0 Å². The van der Waals surface area contributed by atoms with E-state index in [-0.39, 0.29) is 6.61 Å². The molecule has 0 fully saturated rings. The van der Waals surface area contributed by atoms with Gasteiger partial charge in [-0.25, -0.2) is 4.79 Å². The molecule has 1 rings (SSSR count). The zero-order chi connectivity index (χ0) is 10.4. The van der Waals surface area contributed by atoms with Gasteiger partial charge in [0, 0.05) is 18.7 Å². The Labute approximate surface area is 87.6 Å². The Morgan fingerprint density at radius 2 is 1.71 bits per heavy atom. The normalized spacial score (nSPS) is 9.86. The number of halogens is 1. The Bertz CT molecular complexity index is 295. The van der Waals surface area contributed by atoms with Crippen LogP contribution < -0.4 is 0 Å². The average Bonchev–Trinajstić information content (AvgIpc) is 2.17. The number of ether oxygens (including phenoxy) is 2. The molecule has 0 bridgehead atoms. The van der Waals surface area contributed by atoms with Gasteiger partial charge in [0.2, 0.25) is 0 Å². The third kappa shape index (κ3) is 3.77. The van der Waals surface area contributed by atoms with E-state index in [4.69, 9.17) is 16.3 Å². The van der Waals surface area contributed by atoms with E-state index in [0.29, 0.717) is 6.61 Å². The first-order chi connectivity index (χ1) is 6.72. The third-order valence-electron chi connectivity index (χ3n) is 1.69. The maximum atomic E-state index is 10.3. The summed E-state index contributed by atoms with van der Waals surface area (Å²) in [6, 6.07) is 7.57. The lowest BCUT2D eigenvalue weighted by Gasteiger charge is -2.02. The van der Waals surface area contributed by atoms with Crippen molar-refractivity contribution >= 4 is 17.0 Å². The summed E-state index contributed by atoms with van der Waals surface area (Å²) in [6.07, 6.45) is 0. The molecule has 0 N–H and O–H groups in total. The van der Waals surface area contributed by atoms with E-state index in [1.54, 1.807) is 7.11 Å². The Kier molecular flexibility index (Phi) is 4.43. The fraction of sp³-hybridized carbons (Fsp3) is 0.300. The summed E-state index contributed by atoms with van der Waals surface area (Å²) >= 11 is 5.03. The van der Waals surface area contributed by atoms with Gasteiger partial charge >= 0.3 is 5.43 Å². The van der Waals surface area contributed by atoms with Gasteiger partial charge in [-0.3, -0.25) is 0 Å². The van der Waals surface area contributed by atoms with Crippen LogP contribution in [0.2, 0.25) is 0 Å². The van der Waals surface area contributed by atoms with E-state index in [9.17, 15) is 4.79 Å². The molecule has 0 amide bonds. The van der Waals surface area contributed by atoms with Gasteiger partial charge in [0.25, 0.3) is 0 Å². The first-order valence-corrected chi connectivity index (χ1v) is 4.49. The third-order valence-corrected chi connectivity index (χ3v) is 1.80. The molecule has 0 aliphatic heterocycles. The molecule has 0 aromatic heterocycles. The number of hydrogen-bond donors (Lipinski definition) is 0. The van der Waals surface area contributed by atoms with Crippen LogP contribution in [0, 0.1) is 0 Å². The summed E-state index contributed by atoms with van der Waals surface area (Å²) in [7, 11) is 1.64. The molecule has 0 aliphatic carbocycles. The Hall–Kier alpha value is -1.06. The van der Waals surface area contributed by atoms with Crippen LogP contribution in [-0.4, -0.2) is 12.5 Å². The van der Waals surface area contributed by atoms with Crippen LogP contribution in [0.3, 0.4) is 0 Å². The highest BCUT2D eigenvalue weighted by Crippen LogP contribution is 2.07. The quantitative estimate of drug-likeness (QED) is 0.723. The van der Waals surface area contributed by atoms with Crippen LogP contribution >= 0.6 is 11.6 Å². The van der Waals surface area contributed by atoms with Crippen molar-refractivity contribution in [3.8, 4) is 0 Å². The molecule has 0 atom stereocenters. The molecular formula is C10H11ClO3. The maximum absolute atomic E-state index is 10.3. The van der Waals surface area contributed by atoms with Gasteiger partial charge in [0.05, 0.1) is 6.61 Å².